The number of benzene rings is 2. The number of aromatic nitrogens is 1. The van der Waals surface area contributed by atoms with Crippen LogP contribution in [0.25, 0.3) is 10.8 Å². The Kier molecular flexibility index (Phi) is 7.44. The molecule has 0 saturated carbocycles. The van der Waals surface area contributed by atoms with Gasteiger partial charge in [-0.1, -0.05) is 37.3 Å². The van der Waals surface area contributed by atoms with E-state index in [9.17, 15) is 18.0 Å². The van der Waals surface area contributed by atoms with Crippen LogP contribution in [-0.4, -0.2) is 55.2 Å². The molecule has 0 spiro atoms. The van der Waals surface area contributed by atoms with Crippen LogP contribution in [0, 0.1) is 12.8 Å². The van der Waals surface area contributed by atoms with Gasteiger partial charge >= 0.3 is 6.09 Å². The lowest BCUT2D eigenvalue weighted by molar-refractivity contribution is 0.0911. The molecule has 0 aliphatic carbocycles. The molecule has 2 aromatic carbocycles. The molecule has 2 atom stereocenters. The number of hydrogen-bond acceptors (Lipinski definition) is 6. The van der Waals surface area contributed by atoms with E-state index in [-0.39, 0.29) is 18.4 Å². The summed E-state index contributed by atoms with van der Waals surface area (Å²) < 4.78 is 34.6. The lowest BCUT2D eigenvalue weighted by Crippen LogP contribution is -2.49. The molecular formula is C26H30N4O5S. The average molecular weight is 511 g/mol. The highest BCUT2D eigenvalue weighted by Crippen LogP contribution is 2.31. The maximum Gasteiger partial charge on any atom is 0.409 e. The minimum Gasteiger partial charge on any atom is -0.450 e. The van der Waals surface area contributed by atoms with E-state index in [0.29, 0.717) is 47.4 Å². The highest BCUT2D eigenvalue weighted by Gasteiger charge is 2.37. The first-order chi connectivity index (χ1) is 17.2. The molecule has 190 valence electrons. The second kappa shape index (κ2) is 10.5. The number of anilines is 2. The third-order valence-electron chi connectivity index (χ3n) is 6.41. The zero-order chi connectivity index (χ0) is 25.9. The molecular weight excluding hydrogens is 480 g/mol. The molecule has 2 amide bonds. The normalized spacial score (nSPS) is 18.0. The van der Waals surface area contributed by atoms with Crippen LogP contribution in [0.3, 0.4) is 0 Å². The number of hydrogen-bond donors (Lipinski definition) is 2. The SMILES string of the molecule is CCOC(=O)N1CCC(S(=O)(=O)Nc2ccc(C(=O)Nc3ncccc3C)c3ccccc23)C(C)C1. The number of sulfonamides is 1. The predicted molar refractivity (Wildman–Crippen MR) is 140 cm³/mol. The summed E-state index contributed by atoms with van der Waals surface area (Å²) in [5.41, 5.74) is 1.65. The number of carbonyl (C=O) groups excluding carboxylic acids is 2. The molecule has 1 saturated heterocycles. The first-order valence-corrected chi connectivity index (χ1v) is 13.4. The minimum absolute atomic E-state index is 0.273. The van der Waals surface area contributed by atoms with Crippen LogP contribution in [-0.2, 0) is 14.8 Å². The van der Waals surface area contributed by atoms with Gasteiger partial charge in [-0.05, 0) is 55.3 Å². The number of nitrogens with zero attached hydrogens (tertiary/aromatic N) is 2. The summed E-state index contributed by atoms with van der Waals surface area (Å²) in [5.74, 6) is -0.138. The maximum absolute atomic E-state index is 13.4. The quantitative estimate of drug-likeness (QED) is 0.507. The number of piperidine rings is 1. The molecule has 4 rings (SSSR count). The van der Waals surface area contributed by atoms with E-state index >= 15 is 0 Å². The lowest BCUT2D eigenvalue weighted by Gasteiger charge is -2.35. The molecule has 1 aliphatic heterocycles. The summed E-state index contributed by atoms with van der Waals surface area (Å²) in [5, 5.41) is 3.40. The number of amides is 2. The van der Waals surface area contributed by atoms with E-state index in [0.717, 1.165) is 5.56 Å². The molecule has 0 bridgehead atoms. The van der Waals surface area contributed by atoms with Crippen molar-refractivity contribution in [3.05, 3.63) is 65.9 Å². The number of pyridine rings is 1. The smallest absolute Gasteiger partial charge is 0.409 e. The number of ether oxygens (including phenoxy) is 1. The van der Waals surface area contributed by atoms with Crippen molar-refractivity contribution in [1.82, 2.24) is 9.88 Å². The van der Waals surface area contributed by atoms with E-state index < -0.39 is 21.4 Å². The van der Waals surface area contributed by atoms with E-state index in [4.69, 9.17) is 4.74 Å². The van der Waals surface area contributed by atoms with Gasteiger partial charge in [0.15, 0.2) is 0 Å². The number of aryl methyl sites for hydroxylation is 1. The van der Waals surface area contributed by atoms with Gasteiger partial charge in [0.2, 0.25) is 10.0 Å². The molecule has 2 N–H and O–H groups in total. The van der Waals surface area contributed by atoms with Gasteiger partial charge in [-0.15, -0.1) is 0 Å². The standard InChI is InChI=1S/C26H30N4O5S/c1-4-35-26(32)30-15-13-23(18(3)16-30)36(33,34)29-22-12-11-21(19-9-5-6-10-20(19)22)25(31)28-24-17(2)8-7-14-27-24/h5-12,14,18,23,29H,4,13,15-16H2,1-3H3,(H,27,28,31). The highest BCUT2D eigenvalue weighted by atomic mass is 32.2. The molecule has 10 heteroatoms. The van der Waals surface area contributed by atoms with Crippen LogP contribution in [0.15, 0.2) is 54.7 Å². The molecule has 1 aliphatic rings. The van der Waals surface area contributed by atoms with Crippen LogP contribution >= 0.6 is 0 Å². The van der Waals surface area contributed by atoms with Gasteiger partial charge in [0.25, 0.3) is 5.91 Å². The lowest BCUT2D eigenvalue weighted by atomic mass is 10.00. The summed E-state index contributed by atoms with van der Waals surface area (Å²) >= 11 is 0. The Morgan fingerprint density at radius 2 is 1.86 bits per heavy atom. The Bertz CT molecular complexity index is 1390. The average Bonchev–Trinajstić information content (AvgIpc) is 2.85. The van der Waals surface area contributed by atoms with Crippen LogP contribution in [0.5, 0.6) is 0 Å². The molecule has 36 heavy (non-hydrogen) atoms. The predicted octanol–water partition coefficient (Wildman–Crippen LogP) is 4.40. The zero-order valence-electron chi connectivity index (χ0n) is 20.5. The third-order valence-corrected chi connectivity index (χ3v) is 8.42. The Hall–Kier alpha value is -3.66. The van der Waals surface area contributed by atoms with Crippen LogP contribution in [0.2, 0.25) is 0 Å². The van der Waals surface area contributed by atoms with Gasteiger partial charge in [0.05, 0.1) is 17.5 Å². The van der Waals surface area contributed by atoms with Crippen LogP contribution in [0.4, 0.5) is 16.3 Å². The molecule has 2 heterocycles. The minimum atomic E-state index is -3.77. The van der Waals surface area contributed by atoms with Crippen LogP contribution < -0.4 is 10.0 Å². The molecule has 3 aromatic rings. The van der Waals surface area contributed by atoms with E-state index in [2.05, 4.69) is 15.0 Å². The molecule has 1 fully saturated rings. The Morgan fingerprint density at radius 1 is 1.11 bits per heavy atom. The van der Waals surface area contributed by atoms with Crippen molar-refractivity contribution in [2.45, 2.75) is 32.4 Å². The molecule has 0 radical (unpaired) electrons. The van der Waals surface area contributed by atoms with Crippen molar-refractivity contribution in [2.24, 2.45) is 5.92 Å². The summed E-state index contributed by atoms with van der Waals surface area (Å²) in [7, 11) is -3.77. The van der Waals surface area contributed by atoms with Crippen molar-refractivity contribution < 1.29 is 22.7 Å². The fourth-order valence-corrected chi connectivity index (χ4v) is 6.32. The van der Waals surface area contributed by atoms with Crippen molar-refractivity contribution in [3.8, 4) is 0 Å². The van der Waals surface area contributed by atoms with E-state index in [1.165, 1.54) is 0 Å². The first kappa shape index (κ1) is 25.4. The van der Waals surface area contributed by atoms with Gasteiger partial charge in [-0.3, -0.25) is 9.52 Å². The molecule has 9 nitrogen and oxygen atoms in total. The molecule has 2 unspecified atom stereocenters. The fourth-order valence-electron chi connectivity index (χ4n) is 4.57. The summed E-state index contributed by atoms with van der Waals surface area (Å²) in [6.45, 7) is 6.30. The van der Waals surface area contributed by atoms with Gasteiger partial charge in [0.1, 0.15) is 5.82 Å². The number of likely N-dealkylation sites (tertiary alicyclic amines) is 1. The first-order valence-electron chi connectivity index (χ1n) is 11.9. The summed E-state index contributed by atoms with van der Waals surface area (Å²) in [4.78, 5) is 30.9. The topological polar surface area (TPSA) is 118 Å². The number of fused-ring (bicyclic) bond motifs is 1. The highest BCUT2D eigenvalue weighted by molar-refractivity contribution is 7.93. The van der Waals surface area contributed by atoms with Gasteiger partial charge in [0, 0.05) is 30.2 Å². The second-order valence-electron chi connectivity index (χ2n) is 8.93. The van der Waals surface area contributed by atoms with E-state index in [1.54, 1.807) is 60.5 Å². The van der Waals surface area contributed by atoms with Crippen molar-refractivity contribution in [2.75, 3.05) is 29.7 Å². The zero-order valence-corrected chi connectivity index (χ0v) is 21.3. The Balaban J connectivity index is 1.57. The largest absolute Gasteiger partial charge is 0.450 e. The second-order valence-corrected chi connectivity index (χ2v) is 10.8. The summed E-state index contributed by atoms with van der Waals surface area (Å²) in [6, 6.07) is 14.0. The number of rotatable bonds is 6. The number of nitrogens with one attached hydrogen (secondary N) is 2. The Labute approximate surface area is 210 Å². The Morgan fingerprint density at radius 3 is 2.56 bits per heavy atom. The van der Waals surface area contributed by atoms with Gasteiger partial charge in [-0.2, -0.15) is 0 Å². The molecule has 1 aromatic heterocycles. The fraction of sp³-hybridized carbons (Fsp3) is 0.346. The van der Waals surface area contributed by atoms with Crippen molar-refractivity contribution in [1.29, 1.82) is 0 Å². The number of carbonyl (C=O) groups is 2. The van der Waals surface area contributed by atoms with E-state index in [1.807, 2.05) is 19.9 Å². The summed E-state index contributed by atoms with van der Waals surface area (Å²) in [6.07, 6.45) is 1.49. The van der Waals surface area contributed by atoms with Crippen LogP contribution in [0.1, 0.15) is 36.2 Å². The third kappa shape index (κ3) is 5.28. The maximum atomic E-state index is 13.4. The van der Waals surface area contributed by atoms with Crippen molar-refractivity contribution in [3.63, 3.8) is 0 Å². The van der Waals surface area contributed by atoms with Gasteiger partial charge < -0.3 is 15.0 Å². The van der Waals surface area contributed by atoms with Gasteiger partial charge in [-0.25, -0.2) is 18.2 Å². The van der Waals surface area contributed by atoms with Crippen molar-refractivity contribution >= 4 is 44.3 Å². The monoisotopic (exact) mass is 510 g/mol.